The highest BCUT2D eigenvalue weighted by atomic mass is 19.3. The first-order chi connectivity index (χ1) is 14.4. The lowest BCUT2D eigenvalue weighted by Crippen LogP contribution is -2.34. The lowest BCUT2D eigenvalue weighted by molar-refractivity contribution is -0.0498. The van der Waals surface area contributed by atoms with Crippen molar-refractivity contribution in [1.82, 2.24) is 4.90 Å². The van der Waals surface area contributed by atoms with Crippen LogP contribution in [-0.2, 0) is 12.0 Å². The molecular formula is C23H28F3N3O. The predicted octanol–water partition coefficient (Wildman–Crippen LogP) is 4.86. The first-order valence-electron chi connectivity index (χ1n) is 10.2. The Hall–Kier alpha value is -2.70. The lowest BCUT2D eigenvalue weighted by atomic mass is 9.82. The quantitative estimate of drug-likeness (QED) is 0.560. The molecule has 0 aromatic heterocycles. The first kappa shape index (κ1) is 22.0. The van der Waals surface area contributed by atoms with Gasteiger partial charge in [-0.25, -0.2) is 4.99 Å². The molecule has 0 bridgehead atoms. The van der Waals surface area contributed by atoms with Crippen LogP contribution in [0.4, 0.5) is 13.2 Å². The minimum Gasteiger partial charge on any atom is -0.435 e. The highest BCUT2D eigenvalue weighted by Gasteiger charge is 2.40. The normalized spacial score (nSPS) is 18.7. The molecule has 0 aliphatic carbocycles. The largest absolute Gasteiger partial charge is 0.435 e. The maximum absolute atomic E-state index is 12.5. The molecule has 1 aliphatic heterocycles. The Morgan fingerprint density at radius 1 is 1.07 bits per heavy atom. The molecule has 2 aromatic rings. The molecule has 162 valence electrons. The van der Waals surface area contributed by atoms with E-state index < -0.39 is 12.2 Å². The molecule has 7 heteroatoms. The fourth-order valence-corrected chi connectivity index (χ4v) is 3.89. The molecule has 0 fully saturated rings. The summed E-state index contributed by atoms with van der Waals surface area (Å²) >= 11 is 0. The summed E-state index contributed by atoms with van der Waals surface area (Å²) in [5, 5.41) is 0. The van der Waals surface area contributed by atoms with E-state index in [-0.39, 0.29) is 12.4 Å². The number of nitrogens with zero attached hydrogens (tertiary/aromatic N) is 2. The summed E-state index contributed by atoms with van der Waals surface area (Å²) in [4.78, 5) is 6.67. The highest BCUT2D eigenvalue weighted by Crippen LogP contribution is 2.39. The molecule has 1 atom stereocenters. The third-order valence-electron chi connectivity index (χ3n) is 5.47. The number of guanidine groups is 1. The summed E-state index contributed by atoms with van der Waals surface area (Å²) in [6.07, 6.45) is 4.43. The van der Waals surface area contributed by atoms with Crippen molar-refractivity contribution < 1.29 is 17.9 Å². The second-order valence-electron chi connectivity index (χ2n) is 7.64. The molecule has 2 aromatic carbocycles. The molecular weight excluding hydrogens is 391 g/mol. The summed E-state index contributed by atoms with van der Waals surface area (Å²) in [5.74, 6) is 0.536. The molecule has 30 heavy (non-hydrogen) atoms. The Morgan fingerprint density at radius 2 is 1.80 bits per heavy atom. The number of hydrogen-bond donors (Lipinski definition) is 1. The zero-order valence-corrected chi connectivity index (χ0v) is 17.2. The Bertz CT molecular complexity index is 857. The monoisotopic (exact) mass is 419 g/mol. The summed E-state index contributed by atoms with van der Waals surface area (Å²) in [6, 6.07) is 14.8. The van der Waals surface area contributed by atoms with Crippen LogP contribution in [0.25, 0.3) is 0 Å². The molecule has 0 radical (unpaired) electrons. The van der Waals surface area contributed by atoms with Crippen molar-refractivity contribution in [3.63, 3.8) is 0 Å². The van der Waals surface area contributed by atoms with E-state index in [1.807, 2.05) is 24.1 Å². The van der Waals surface area contributed by atoms with Gasteiger partial charge in [-0.15, -0.1) is 0 Å². The van der Waals surface area contributed by atoms with Crippen molar-refractivity contribution in [2.75, 3.05) is 20.3 Å². The molecule has 0 saturated carbocycles. The van der Waals surface area contributed by atoms with Crippen molar-refractivity contribution in [3.05, 3.63) is 65.2 Å². The smallest absolute Gasteiger partial charge is 0.387 e. The number of aryl methyl sites for hydroxylation is 1. The number of alkyl halides is 3. The molecule has 1 heterocycles. The number of halogens is 3. The van der Waals surface area contributed by atoms with Crippen LogP contribution in [0.2, 0.25) is 0 Å². The van der Waals surface area contributed by atoms with Gasteiger partial charge in [-0.05, 0) is 48.1 Å². The molecule has 0 saturated heterocycles. The van der Waals surface area contributed by atoms with Crippen LogP contribution in [0.5, 0.6) is 5.75 Å². The van der Waals surface area contributed by atoms with Crippen LogP contribution in [0.3, 0.4) is 0 Å². The van der Waals surface area contributed by atoms with Crippen LogP contribution in [0.1, 0.15) is 42.4 Å². The number of benzene rings is 2. The molecule has 0 amide bonds. The number of unbranched alkanes of at least 4 members (excludes halogenated alkanes) is 3. The van der Waals surface area contributed by atoms with Gasteiger partial charge in [0, 0.05) is 7.05 Å². The third kappa shape index (κ3) is 5.07. The van der Waals surface area contributed by atoms with Crippen LogP contribution in [0, 0.1) is 0 Å². The Morgan fingerprint density at radius 3 is 2.43 bits per heavy atom. The van der Waals surface area contributed by atoms with Crippen LogP contribution in [-0.4, -0.2) is 37.7 Å². The molecule has 2 N–H and O–H groups in total. The summed E-state index contributed by atoms with van der Waals surface area (Å²) in [5.41, 5.74) is 8.44. The standard InChI is InChI=1S/C23H28F3N3O/c1-29-16-23(28-22(29)27,18-10-12-20(13-11-18)30-21(25)26)19-9-6-8-17(15-19)7-4-2-3-5-14-24/h6,8-13,15,21H,2-5,7,14,16H2,1H3,(H2,27,28). The van der Waals surface area contributed by atoms with Crippen LogP contribution in [0.15, 0.2) is 53.5 Å². The Kier molecular flexibility index (Phi) is 7.24. The first-order valence-corrected chi connectivity index (χ1v) is 10.2. The van der Waals surface area contributed by atoms with Crippen molar-refractivity contribution >= 4 is 5.96 Å². The van der Waals surface area contributed by atoms with Gasteiger partial charge in [-0.2, -0.15) is 8.78 Å². The van der Waals surface area contributed by atoms with Crippen molar-refractivity contribution in [2.24, 2.45) is 10.7 Å². The minimum absolute atomic E-state index is 0.106. The van der Waals surface area contributed by atoms with E-state index in [4.69, 9.17) is 10.7 Å². The van der Waals surface area contributed by atoms with Gasteiger partial charge in [0.2, 0.25) is 0 Å². The van der Waals surface area contributed by atoms with Crippen molar-refractivity contribution in [1.29, 1.82) is 0 Å². The minimum atomic E-state index is -2.86. The van der Waals surface area contributed by atoms with Crippen LogP contribution >= 0.6 is 0 Å². The summed E-state index contributed by atoms with van der Waals surface area (Å²) in [7, 11) is 1.88. The number of rotatable bonds is 10. The molecule has 0 spiro atoms. The zero-order valence-electron chi connectivity index (χ0n) is 17.2. The molecule has 4 nitrogen and oxygen atoms in total. The van der Waals surface area contributed by atoms with E-state index in [0.717, 1.165) is 36.8 Å². The number of likely N-dealkylation sites (N-methyl/N-ethyl adjacent to an activating group) is 1. The van der Waals surface area contributed by atoms with Gasteiger partial charge in [0.15, 0.2) is 5.96 Å². The van der Waals surface area contributed by atoms with Gasteiger partial charge in [-0.3, -0.25) is 4.39 Å². The van der Waals surface area contributed by atoms with E-state index in [0.29, 0.717) is 18.9 Å². The van der Waals surface area contributed by atoms with E-state index in [1.54, 1.807) is 12.1 Å². The summed E-state index contributed by atoms with van der Waals surface area (Å²) in [6.45, 7) is -2.57. The van der Waals surface area contributed by atoms with Gasteiger partial charge in [0.1, 0.15) is 11.3 Å². The molecule has 1 unspecified atom stereocenters. The third-order valence-corrected chi connectivity index (χ3v) is 5.47. The average molecular weight is 419 g/mol. The maximum Gasteiger partial charge on any atom is 0.387 e. The van der Waals surface area contributed by atoms with E-state index >= 15 is 0 Å². The molecule has 3 rings (SSSR count). The maximum atomic E-state index is 12.5. The number of ether oxygens (including phenoxy) is 1. The number of aliphatic imine (C=N–C) groups is 1. The SMILES string of the molecule is CN1CC(c2ccc(OC(F)F)cc2)(c2cccc(CCCCCCF)c2)N=C1N. The van der Waals surface area contributed by atoms with Gasteiger partial charge < -0.3 is 15.4 Å². The molecule has 1 aliphatic rings. The van der Waals surface area contributed by atoms with E-state index in [2.05, 4.69) is 16.9 Å². The van der Waals surface area contributed by atoms with E-state index in [9.17, 15) is 13.2 Å². The predicted molar refractivity (Wildman–Crippen MR) is 113 cm³/mol. The fourth-order valence-electron chi connectivity index (χ4n) is 3.89. The second-order valence-corrected chi connectivity index (χ2v) is 7.64. The van der Waals surface area contributed by atoms with Gasteiger partial charge in [0.25, 0.3) is 0 Å². The van der Waals surface area contributed by atoms with Crippen LogP contribution < -0.4 is 10.5 Å². The van der Waals surface area contributed by atoms with Crippen molar-refractivity contribution in [2.45, 2.75) is 44.3 Å². The Balaban J connectivity index is 1.87. The number of hydrogen-bond acceptors (Lipinski definition) is 4. The van der Waals surface area contributed by atoms with Gasteiger partial charge in [-0.1, -0.05) is 49.2 Å². The fraction of sp³-hybridized carbons (Fsp3) is 0.435. The van der Waals surface area contributed by atoms with Gasteiger partial charge >= 0.3 is 6.61 Å². The van der Waals surface area contributed by atoms with Crippen molar-refractivity contribution in [3.8, 4) is 5.75 Å². The topological polar surface area (TPSA) is 50.8 Å². The average Bonchev–Trinajstić information content (AvgIpc) is 3.04. The Labute approximate surface area is 175 Å². The van der Waals surface area contributed by atoms with Gasteiger partial charge in [0.05, 0.1) is 13.2 Å². The zero-order chi connectivity index (χ0) is 21.6. The van der Waals surface area contributed by atoms with E-state index in [1.165, 1.54) is 17.7 Å². The summed E-state index contributed by atoms with van der Waals surface area (Å²) < 4.78 is 41.7. The lowest BCUT2D eigenvalue weighted by Gasteiger charge is -2.28. The second kappa shape index (κ2) is 9.87. The highest BCUT2D eigenvalue weighted by molar-refractivity contribution is 5.81. The number of nitrogens with two attached hydrogens (primary N) is 1.